The quantitative estimate of drug-likeness (QED) is 0.498. The molecule has 1 aromatic heterocycles. The van der Waals surface area contributed by atoms with Gasteiger partial charge in [-0.1, -0.05) is 46.7 Å². The molecule has 8 heteroatoms. The van der Waals surface area contributed by atoms with Crippen molar-refractivity contribution >= 4 is 55.8 Å². The van der Waals surface area contributed by atoms with Gasteiger partial charge in [-0.2, -0.15) is 0 Å². The Morgan fingerprint density at radius 1 is 1.23 bits per heavy atom. The summed E-state index contributed by atoms with van der Waals surface area (Å²) in [5.41, 5.74) is 2.44. The lowest BCUT2D eigenvalue weighted by atomic mass is 10.2. The van der Waals surface area contributed by atoms with Gasteiger partial charge < -0.3 is 4.74 Å². The number of amides is 1. The van der Waals surface area contributed by atoms with Crippen LogP contribution in [0, 0.1) is 6.92 Å². The number of benzene rings is 2. The van der Waals surface area contributed by atoms with Crippen molar-refractivity contribution < 1.29 is 9.53 Å². The highest BCUT2D eigenvalue weighted by molar-refractivity contribution is 7.23. The molecule has 0 saturated carbocycles. The van der Waals surface area contributed by atoms with Crippen LogP contribution in [0.15, 0.2) is 36.4 Å². The Labute approximate surface area is 190 Å². The van der Waals surface area contributed by atoms with Gasteiger partial charge in [0.15, 0.2) is 5.13 Å². The van der Waals surface area contributed by atoms with E-state index in [0.29, 0.717) is 27.3 Å². The van der Waals surface area contributed by atoms with Crippen LogP contribution in [-0.2, 0) is 4.74 Å². The minimum atomic E-state index is -0.104. The average Bonchev–Trinajstić information content (AvgIpc) is 3.21. The first-order chi connectivity index (χ1) is 14.5. The topological polar surface area (TPSA) is 45.7 Å². The zero-order valence-corrected chi connectivity index (χ0v) is 19.1. The predicted octanol–water partition coefficient (Wildman–Crippen LogP) is 5.28. The lowest BCUT2D eigenvalue weighted by molar-refractivity contribution is 0.0376. The lowest BCUT2D eigenvalue weighted by Gasteiger charge is -2.27. The van der Waals surface area contributed by atoms with Gasteiger partial charge in [-0.3, -0.25) is 14.6 Å². The molecule has 0 radical (unpaired) electrons. The van der Waals surface area contributed by atoms with Crippen LogP contribution in [0.4, 0.5) is 5.13 Å². The first kappa shape index (κ1) is 21.5. The number of fused-ring (bicyclic) bond motifs is 1. The van der Waals surface area contributed by atoms with E-state index in [1.165, 1.54) is 11.3 Å². The number of aryl methyl sites for hydroxylation is 1. The molecule has 1 amide bonds. The van der Waals surface area contributed by atoms with E-state index < -0.39 is 0 Å². The molecule has 158 valence electrons. The summed E-state index contributed by atoms with van der Waals surface area (Å²) >= 11 is 14.0. The summed E-state index contributed by atoms with van der Waals surface area (Å²) in [5.74, 6) is -0.104. The minimum Gasteiger partial charge on any atom is -0.379 e. The second kappa shape index (κ2) is 9.62. The number of halogens is 2. The maximum Gasteiger partial charge on any atom is 0.260 e. The maximum atomic E-state index is 13.4. The minimum absolute atomic E-state index is 0.104. The van der Waals surface area contributed by atoms with Gasteiger partial charge >= 0.3 is 0 Å². The number of rotatable bonds is 6. The maximum absolute atomic E-state index is 13.4. The smallest absolute Gasteiger partial charge is 0.260 e. The summed E-state index contributed by atoms with van der Waals surface area (Å²) in [6, 6.07) is 10.9. The van der Waals surface area contributed by atoms with Gasteiger partial charge in [-0.15, -0.1) is 0 Å². The third kappa shape index (κ3) is 4.79. The van der Waals surface area contributed by atoms with Crippen molar-refractivity contribution in [1.82, 2.24) is 9.88 Å². The molecular weight excluding hydrogens is 441 g/mol. The van der Waals surface area contributed by atoms with Gasteiger partial charge in [0.25, 0.3) is 5.91 Å². The standard InChI is InChI=1S/C22H23Cl2N3O2S/c1-15-6-7-18(24)20-19(15)25-22(30-20)27(9-3-8-26-10-12-29-13-11-26)21(28)16-4-2-5-17(23)14-16/h2,4-7,14H,3,8-13H2,1H3. The number of thiazole rings is 1. The van der Waals surface area contributed by atoms with Gasteiger partial charge in [0.1, 0.15) is 0 Å². The molecule has 3 aromatic rings. The van der Waals surface area contributed by atoms with Crippen molar-refractivity contribution in [2.24, 2.45) is 0 Å². The van der Waals surface area contributed by atoms with E-state index in [2.05, 4.69) is 4.90 Å². The normalized spacial score (nSPS) is 14.9. The predicted molar refractivity (Wildman–Crippen MR) is 124 cm³/mol. The van der Waals surface area contributed by atoms with E-state index in [4.69, 9.17) is 32.9 Å². The van der Waals surface area contributed by atoms with Crippen molar-refractivity contribution in [2.45, 2.75) is 13.3 Å². The van der Waals surface area contributed by atoms with Crippen molar-refractivity contribution in [2.75, 3.05) is 44.3 Å². The number of carbonyl (C=O) groups excluding carboxylic acids is 1. The Kier molecular flexibility index (Phi) is 6.91. The van der Waals surface area contributed by atoms with E-state index in [1.807, 2.05) is 19.1 Å². The highest BCUT2D eigenvalue weighted by Crippen LogP contribution is 2.36. The highest BCUT2D eigenvalue weighted by Gasteiger charge is 2.23. The number of hydrogen-bond donors (Lipinski definition) is 0. The van der Waals surface area contributed by atoms with Gasteiger partial charge in [0.2, 0.25) is 0 Å². The SMILES string of the molecule is Cc1ccc(Cl)c2sc(N(CCCN3CCOCC3)C(=O)c3cccc(Cl)c3)nc12. The molecule has 5 nitrogen and oxygen atoms in total. The van der Waals surface area contributed by atoms with Crippen molar-refractivity contribution in [3.8, 4) is 0 Å². The number of anilines is 1. The summed E-state index contributed by atoms with van der Waals surface area (Å²) in [6.45, 7) is 6.87. The Bertz CT molecular complexity index is 1010. The molecule has 1 saturated heterocycles. The van der Waals surface area contributed by atoms with Crippen LogP contribution in [0.2, 0.25) is 10.0 Å². The third-order valence-corrected chi connectivity index (χ3v) is 6.97. The fraction of sp³-hybridized carbons (Fsp3) is 0.364. The van der Waals surface area contributed by atoms with Gasteiger partial charge in [0, 0.05) is 36.8 Å². The fourth-order valence-electron chi connectivity index (χ4n) is 3.54. The molecule has 2 aromatic carbocycles. The van der Waals surface area contributed by atoms with Crippen molar-refractivity contribution in [1.29, 1.82) is 0 Å². The first-order valence-electron chi connectivity index (χ1n) is 9.96. The summed E-state index contributed by atoms with van der Waals surface area (Å²) in [5, 5.41) is 1.85. The van der Waals surface area contributed by atoms with E-state index in [0.717, 1.165) is 55.0 Å². The molecular formula is C22H23Cl2N3O2S. The van der Waals surface area contributed by atoms with Crippen LogP contribution >= 0.6 is 34.5 Å². The molecule has 0 bridgehead atoms. The largest absolute Gasteiger partial charge is 0.379 e. The molecule has 30 heavy (non-hydrogen) atoms. The Hall–Kier alpha value is -1.70. The van der Waals surface area contributed by atoms with Crippen LogP contribution in [0.1, 0.15) is 22.3 Å². The van der Waals surface area contributed by atoms with Crippen molar-refractivity contribution in [3.05, 3.63) is 57.6 Å². The Balaban J connectivity index is 1.61. The molecule has 1 fully saturated rings. The summed E-state index contributed by atoms with van der Waals surface area (Å²) < 4.78 is 6.33. The second-order valence-electron chi connectivity index (χ2n) is 7.31. The van der Waals surface area contributed by atoms with Gasteiger partial charge in [-0.05, 0) is 43.2 Å². The number of nitrogens with zero attached hydrogens (tertiary/aromatic N) is 3. The van der Waals surface area contributed by atoms with Crippen LogP contribution in [0.5, 0.6) is 0 Å². The summed E-state index contributed by atoms with van der Waals surface area (Å²) in [7, 11) is 0. The number of ether oxygens (including phenoxy) is 1. The zero-order valence-electron chi connectivity index (χ0n) is 16.7. The van der Waals surface area contributed by atoms with Gasteiger partial charge in [-0.25, -0.2) is 4.98 Å². The Morgan fingerprint density at radius 2 is 2.03 bits per heavy atom. The summed E-state index contributed by atoms with van der Waals surface area (Å²) in [4.78, 5) is 22.3. The molecule has 1 aliphatic rings. The van der Waals surface area contributed by atoms with E-state index in [-0.39, 0.29) is 5.91 Å². The van der Waals surface area contributed by atoms with Crippen LogP contribution in [0.25, 0.3) is 10.2 Å². The third-order valence-electron chi connectivity index (χ3n) is 5.19. The average molecular weight is 464 g/mol. The monoisotopic (exact) mass is 463 g/mol. The number of carbonyl (C=O) groups is 1. The molecule has 0 N–H and O–H groups in total. The first-order valence-corrected chi connectivity index (χ1v) is 11.5. The lowest BCUT2D eigenvalue weighted by Crippen LogP contribution is -2.39. The number of morpholine rings is 1. The van der Waals surface area contributed by atoms with Crippen molar-refractivity contribution in [3.63, 3.8) is 0 Å². The molecule has 0 unspecified atom stereocenters. The number of hydrogen-bond acceptors (Lipinski definition) is 5. The Morgan fingerprint density at radius 3 is 2.77 bits per heavy atom. The van der Waals surface area contributed by atoms with Gasteiger partial charge in [0.05, 0.1) is 28.5 Å². The summed E-state index contributed by atoms with van der Waals surface area (Å²) in [6.07, 6.45) is 0.842. The number of aromatic nitrogens is 1. The zero-order chi connectivity index (χ0) is 21.1. The van der Waals surface area contributed by atoms with Crippen LogP contribution < -0.4 is 4.90 Å². The van der Waals surface area contributed by atoms with E-state index in [9.17, 15) is 4.79 Å². The molecule has 2 heterocycles. The highest BCUT2D eigenvalue weighted by atomic mass is 35.5. The van der Waals surface area contributed by atoms with Crippen LogP contribution in [0.3, 0.4) is 0 Å². The molecule has 0 spiro atoms. The van der Waals surface area contributed by atoms with E-state index >= 15 is 0 Å². The second-order valence-corrected chi connectivity index (χ2v) is 9.13. The van der Waals surface area contributed by atoms with E-state index in [1.54, 1.807) is 29.2 Å². The fourth-order valence-corrected chi connectivity index (χ4v) is 5.08. The molecule has 0 aliphatic carbocycles. The molecule has 4 rings (SSSR count). The van der Waals surface area contributed by atoms with Crippen LogP contribution in [-0.4, -0.2) is 55.2 Å². The molecule has 0 atom stereocenters. The molecule has 1 aliphatic heterocycles.